The maximum absolute atomic E-state index is 12.9. The van der Waals surface area contributed by atoms with Crippen molar-refractivity contribution in [2.75, 3.05) is 0 Å². The molecule has 0 aromatic heterocycles. The normalized spacial score (nSPS) is 17.9. The summed E-state index contributed by atoms with van der Waals surface area (Å²) in [5.41, 5.74) is 1.92. The lowest BCUT2D eigenvalue weighted by Gasteiger charge is -2.46. The van der Waals surface area contributed by atoms with E-state index < -0.39 is 0 Å². The Balaban J connectivity index is 1.75. The summed E-state index contributed by atoms with van der Waals surface area (Å²) >= 11 is 6.42. The molecule has 1 saturated heterocycles. The van der Waals surface area contributed by atoms with Crippen molar-refractivity contribution in [3.05, 3.63) is 58.1 Å². The van der Waals surface area contributed by atoms with E-state index in [4.69, 9.17) is 16.3 Å². The van der Waals surface area contributed by atoms with E-state index >= 15 is 0 Å². The van der Waals surface area contributed by atoms with Crippen molar-refractivity contribution in [2.45, 2.75) is 65.0 Å². The van der Waals surface area contributed by atoms with Gasteiger partial charge in [-0.3, -0.25) is 4.79 Å². The van der Waals surface area contributed by atoms with Crippen molar-refractivity contribution in [2.24, 2.45) is 5.92 Å². The van der Waals surface area contributed by atoms with E-state index in [0.29, 0.717) is 40.0 Å². The maximum atomic E-state index is 12.9. The van der Waals surface area contributed by atoms with Gasteiger partial charge >= 0.3 is 0 Å². The monoisotopic (exact) mass is 424 g/mol. The van der Waals surface area contributed by atoms with Gasteiger partial charge in [0.05, 0.1) is 10.6 Å². The number of Topliss-reactive ketones (excluding diaryl/α,β-unsaturated/α-hetero) is 1. The zero-order valence-electron chi connectivity index (χ0n) is 18.3. The Labute approximate surface area is 184 Å². The van der Waals surface area contributed by atoms with Crippen molar-refractivity contribution in [3.63, 3.8) is 0 Å². The zero-order valence-corrected chi connectivity index (χ0v) is 19.1. The van der Waals surface area contributed by atoms with Gasteiger partial charge in [0.1, 0.15) is 17.6 Å². The second-order valence-corrected chi connectivity index (χ2v) is 10.0. The Morgan fingerprint density at radius 2 is 1.83 bits per heavy atom. The molecule has 0 spiro atoms. The number of nitrogens with zero attached hydrogens (tertiary/aromatic N) is 1. The van der Waals surface area contributed by atoms with Gasteiger partial charge in [0.2, 0.25) is 0 Å². The number of rotatable bonds is 5. The number of carbonyl (C=O) groups is 1. The number of benzene rings is 2. The molecule has 1 heterocycles. The molecular formula is C25H29ClN2O2. The van der Waals surface area contributed by atoms with Crippen LogP contribution in [0.5, 0.6) is 11.5 Å². The lowest BCUT2D eigenvalue weighted by molar-refractivity contribution is 0.0864. The molecule has 30 heavy (non-hydrogen) atoms. The number of aryl methyl sites for hydroxylation is 1. The summed E-state index contributed by atoms with van der Waals surface area (Å²) in [6.45, 7) is 10.6. The molecular weight excluding hydrogens is 396 g/mol. The van der Waals surface area contributed by atoms with E-state index in [2.05, 4.69) is 39.1 Å². The highest BCUT2D eigenvalue weighted by Crippen LogP contribution is 2.36. The summed E-state index contributed by atoms with van der Waals surface area (Å²) < 4.78 is 5.88. The quantitative estimate of drug-likeness (QED) is 0.561. The average molecular weight is 425 g/mol. The Bertz CT molecular complexity index is 989. The van der Waals surface area contributed by atoms with E-state index in [1.54, 1.807) is 24.3 Å². The lowest BCUT2D eigenvalue weighted by atomic mass is 9.74. The standard InChI is InChI=1S/C25H29ClN2O2/c1-16-7-6-8-22(19(16)15-27)30-23-10-9-18(12-20(23)26)21(29)11-17-13-24(2,3)28-25(4,5)14-17/h6-10,12,17,28H,11,13-14H2,1-5H3. The molecule has 2 aromatic carbocycles. The summed E-state index contributed by atoms with van der Waals surface area (Å²) in [6.07, 6.45) is 2.42. The van der Waals surface area contributed by atoms with Crippen molar-refractivity contribution >= 4 is 17.4 Å². The van der Waals surface area contributed by atoms with Crippen LogP contribution in [-0.2, 0) is 0 Å². The average Bonchev–Trinajstić information content (AvgIpc) is 2.60. The molecule has 0 aliphatic carbocycles. The van der Waals surface area contributed by atoms with Crippen LogP contribution >= 0.6 is 11.6 Å². The Morgan fingerprint density at radius 3 is 2.43 bits per heavy atom. The highest BCUT2D eigenvalue weighted by atomic mass is 35.5. The van der Waals surface area contributed by atoms with Gasteiger partial charge in [-0.15, -0.1) is 0 Å². The second kappa shape index (κ2) is 8.41. The van der Waals surface area contributed by atoms with E-state index in [1.807, 2.05) is 19.1 Å². The van der Waals surface area contributed by atoms with Crippen molar-refractivity contribution in [1.82, 2.24) is 5.32 Å². The molecule has 0 bridgehead atoms. The van der Waals surface area contributed by atoms with Gasteiger partial charge in [0, 0.05) is 23.1 Å². The van der Waals surface area contributed by atoms with E-state index in [1.165, 1.54) is 0 Å². The third kappa shape index (κ3) is 5.22. The number of carbonyl (C=O) groups excluding carboxylic acids is 1. The molecule has 0 unspecified atom stereocenters. The second-order valence-electron chi connectivity index (χ2n) is 9.60. The van der Waals surface area contributed by atoms with Crippen LogP contribution in [-0.4, -0.2) is 16.9 Å². The number of halogens is 1. The Morgan fingerprint density at radius 1 is 1.17 bits per heavy atom. The van der Waals surface area contributed by atoms with Crippen LogP contribution in [0.1, 0.15) is 68.4 Å². The number of ketones is 1. The summed E-state index contributed by atoms with van der Waals surface area (Å²) in [5.74, 6) is 1.30. The largest absolute Gasteiger partial charge is 0.454 e. The van der Waals surface area contributed by atoms with Gasteiger partial charge in [-0.1, -0.05) is 23.7 Å². The lowest BCUT2D eigenvalue weighted by Crippen LogP contribution is -2.57. The molecule has 2 aromatic rings. The Kier molecular flexibility index (Phi) is 6.26. The molecule has 158 valence electrons. The molecule has 1 N–H and O–H groups in total. The first-order valence-electron chi connectivity index (χ1n) is 10.3. The SMILES string of the molecule is Cc1cccc(Oc2ccc(C(=O)CC3CC(C)(C)NC(C)(C)C3)cc2Cl)c1C#N. The van der Waals surface area contributed by atoms with Crippen LogP contribution in [0.4, 0.5) is 0 Å². The summed E-state index contributed by atoms with van der Waals surface area (Å²) in [5, 5.41) is 13.4. The minimum atomic E-state index is 0.00824. The maximum Gasteiger partial charge on any atom is 0.163 e. The van der Waals surface area contributed by atoms with Crippen LogP contribution < -0.4 is 10.1 Å². The number of hydrogen-bond donors (Lipinski definition) is 1. The van der Waals surface area contributed by atoms with Gasteiger partial charge in [-0.2, -0.15) is 5.26 Å². The minimum Gasteiger partial charge on any atom is -0.454 e. The smallest absolute Gasteiger partial charge is 0.163 e. The van der Waals surface area contributed by atoms with Gasteiger partial charge in [-0.05, 0) is 83.2 Å². The molecule has 4 nitrogen and oxygen atoms in total. The summed E-state index contributed by atoms with van der Waals surface area (Å²) in [7, 11) is 0. The first-order chi connectivity index (χ1) is 14.0. The fraction of sp³-hybridized carbons (Fsp3) is 0.440. The molecule has 0 atom stereocenters. The topological polar surface area (TPSA) is 62.1 Å². The molecule has 5 heteroatoms. The zero-order chi connectivity index (χ0) is 22.1. The van der Waals surface area contributed by atoms with Crippen LogP contribution in [0, 0.1) is 24.2 Å². The first kappa shape index (κ1) is 22.3. The predicted molar refractivity (Wildman–Crippen MR) is 120 cm³/mol. The third-order valence-corrected chi connectivity index (χ3v) is 5.86. The number of hydrogen-bond acceptors (Lipinski definition) is 4. The number of ether oxygens (including phenoxy) is 1. The number of nitriles is 1. The fourth-order valence-electron chi connectivity index (χ4n) is 4.80. The minimum absolute atomic E-state index is 0.00824. The molecule has 1 aliphatic heterocycles. The summed E-state index contributed by atoms with van der Waals surface area (Å²) in [6, 6.07) is 12.7. The van der Waals surface area contributed by atoms with E-state index in [-0.39, 0.29) is 16.9 Å². The third-order valence-electron chi connectivity index (χ3n) is 5.57. The molecule has 0 radical (unpaired) electrons. The van der Waals surface area contributed by atoms with Gasteiger partial charge in [-0.25, -0.2) is 0 Å². The molecule has 1 aliphatic rings. The van der Waals surface area contributed by atoms with Gasteiger partial charge < -0.3 is 10.1 Å². The van der Waals surface area contributed by atoms with Crippen molar-refractivity contribution in [1.29, 1.82) is 5.26 Å². The van der Waals surface area contributed by atoms with E-state index in [9.17, 15) is 10.1 Å². The van der Waals surface area contributed by atoms with Gasteiger partial charge in [0.15, 0.2) is 5.78 Å². The number of piperidine rings is 1. The van der Waals surface area contributed by atoms with Crippen LogP contribution in [0.3, 0.4) is 0 Å². The van der Waals surface area contributed by atoms with Gasteiger partial charge in [0.25, 0.3) is 0 Å². The van der Waals surface area contributed by atoms with Crippen LogP contribution in [0.2, 0.25) is 5.02 Å². The van der Waals surface area contributed by atoms with Crippen molar-refractivity contribution < 1.29 is 9.53 Å². The summed E-state index contributed by atoms with van der Waals surface area (Å²) in [4.78, 5) is 12.9. The van der Waals surface area contributed by atoms with Crippen molar-refractivity contribution in [3.8, 4) is 17.6 Å². The highest BCUT2D eigenvalue weighted by molar-refractivity contribution is 6.32. The van der Waals surface area contributed by atoms with Crippen LogP contribution in [0.15, 0.2) is 36.4 Å². The molecule has 0 amide bonds. The predicted octanol–water partition coefficient (Wildman–Crippen LogP) is 6.44. The fourth-order valence-corrected chi connectivity index (χ4v) is 5.02. The molecule has 1 fully saturated rings. The highest BCUT2D eigenvalue weighted by Gasteiger charge is 2.38. The molecule has 3 rings (SSSR count). The first-order valence-corrected chi connectivity index (χ1v) is 10.7. The van der Waals surface area contributed by atoms with E-state index in [0.717, 1.165) is 18.4 Å². The molecule has 0 saturated carbocycles. The number of nitrogens with one attached hydrogen (secondary N) is 1. The Hall–Kier alpha value is -2.35. The van der Waals surface area contributed by atoms with Crippen LogP contribution in [0.25, 0.3) is 0 Å².